The van der Waals surface area contributed by atoms with Crippen molar-refractivity contribution >= 4 is 17.5 Å². The lowest BCUT2D eigenvalue weighted by Crippen LogP contribution is -2.38. The van der Waals surface area contributed by atoms with Gasteiger partial charge in [-0.15, -0.1) is 0 Å². The summed E-state index contributed by atoms with van der Waals surface area (Å²) in [6.07, 6.45) is 2.64. The molecule has 1 amide bonds. The van der Waals surface area contributed by atoms with Gasteiger partial charge in [-0.3, -0.25) is 4.79 Å². The van der Waals surface area contributed by atoms with Crippen molar-refractivity contribution < 1.29 is 14.3 Å². The van der Waals surface area contributed by atoms with Gasteiger partial charge in [0, 0.05) is 6.04 Å². The Morgan fingerprint density at radius 2 is 1.96 bits per heavy atom. The summed E-state index contributed by atoms with van der Waals surface area (Å²) in [6.45, 7) is 2.11. The van der Waals surface area contributed by atoms with Gasteiger partial charge >= 0.3 is 0 Å². The fourth-order valence-electron chi connectivity index (χ4n) is 3.16. The van der Waals surface area contributed by atoms with Crippen LogP contribution in [0.3, 0.4) is 0 Å². The third-order valence-corrected chi connectivity index (χ3v) is 4.95. The van der Waals surface area contributed by atoms with Crippen molar-refractivity contribution in [2.24, 2.45) is 0 Å². The van der Waals surface area contributed by atoms with E-state index in [9.17, 15) is 14.3 Å². The normalized spacial score (nSPS) is 20.5. The number of rotatable bonds is 4. The highest BCUT2D eigenvalue weighted by Gasteiger charge is 2.25. The Morgan fingerprint density at radius 1 is 1.32 bits per heavy atom. The number of nitrogens with one attached hydrogen (secondary N) is 1. The van der Waals surface area contributed by atoms with Gasteiger partial charge in [0.15, 0.2) is 0 Å². The molecule has 3 rings (SSSR count). The number of halogens is 2. The number of carbonyl (C=O) groups excluding carboxylic acids is 1. The lowest BCUT2D eigenvalue weighted by atomic mass is 9.93. The zero-order valence-corrected chi connectivity index (χ0v) is 14.8. The summed E-state index contributed by atoms with van der Waals surface area (Å²) in [7, 11) is 0. The minimum absolute atomic E-state index is 0.0480. The Balaban J connectivity index is 1.72. The Kier molecular flexibility index (Phi) is 5.39. The molecule has 5 nitrogen and oxygen atoms in total. The van der Waals surface area contributed by atoms with Gasteiger partial charge in [-0.25, -0.2) is 9.07 Å². The molecule has 0 atom stereocenters. The molecular formula is C18H21ClFN3O2. The van der Waals surface area contributed by atoms with Gasteiger partial charge in [0.25, 0.3) is 5.91 Å². The molecule has 0 radical (unpaired) electrons. The molecule has 0 aliphatic heterocycles. The molecule has 1 aromatic carbocycles. The number of hydrogen-bond acceptors (Lipinski definition) is 3. The average molecular weight is 366 g/mol. The van der Waals surface area contributed by atoms with Crippen molar-refractivity contribution in [1.29, 1.82) is 0 Å². The van der Waals surface area contributed by atoms with E-state index in [1.54, 1.807) is 23.7 Å². The highest BCUT2D eigenvalue weighted by atomic mass is 35.5. The van der Waals surface area contributed by atoms with Crippen LogP contribution >= 0.6 is 11.6 Å². The first-order chi connectivity index (χ1) is 11.9. The van der Waals surface area contributed by atoms with Gasteiger partial charge in [-0.05, 0) is 50.3 Å². The Morgan fingerprint density at radius 3 is 2.60 bits per heavy atom. The van der Waals surface area contributed by atoms with Crippen LogP contribution in [-0.2, 0) is 6.54 Å². The van der Waals surface area contributed by atoms with Gasteiger partial charge < -0.3 is 10.4 Å². The molecule has 2 N–H and O–H groups in total. The minimum atomic E-state index is -0.302. The topological polar surface area (TPSA) is 67.2 Å². The fourth-order valence-corrected chi connectivity index (χ4v) is 3.48. The maximum atomic E-state index is 13.0. The molecule has 1 aromatic heterocycles. The molecule has 1 saturated carbocycles. The fraction of sp³-hybridized carbons (Fsp3) is 0.444. The summed E-state index contributed by atoms with van der Waals surface area (Å²) < 4.78 is 14.6. The first-order valence-corrected chi connectivity index (χ1v) is 8.78. The van der Waals surface area contributed by atoms with Crippen molar-refractivity contribution in [2.45, 2.75) is 51.3 Å². The van der Waals surface area contributed by atoms with E-state index in [-0.39, 0.29) is 29.0 Å². The number of nitrogens with zero attached hydrogens (tertiary/aromatic N) is 2. The first kappa shape index (κ1) is 17.9. The largest absolute Gasteiger partial charge is 0.393 e. The van der Waals surface area contributed by atoms with E-state index >= 15 is 0 Å². The van der Waals surface area contributed by atoms with Crippen molar-refractivity contribution in [3.05, 3.63) is 52.1 Å². The highest BCUT2D eigenvalue weighted by molar-refractivity contribution is 6.33. The number of amides is 1. The van der Waals surface area contributed by atoms with Crippen LogP contribution in [0.2, 0.25) is 5.15 Å². The van der Waals surface area contributed by atoms with E-state index < -0.39 is 0 Å². The Hall–Kier alpha value is -1.92. The van der Waals surface area contributed by atoms with Gasteiger partial charge in [0.2, 0.25) is 0 Å². The average Bonchev–Trinajstić information content (AvgIpc) is 2.85. The second-order valence-electron chi connectivity index (χ2n) is 6.51. The molecule has 0 bridgehead atoms. The zero-order valence-electron chi connectivity index (χ0n) is 14.0. The predicted octanol–water partition coefficient (Wildman–Crippen LogP) is 3.07. The number of carbonyl (C=O) groups is 1. The molecular weight excluding hydrogens is 345 g/mol. The van der Waals surface area contributed by atoms with Gasteiger partial charge in [-0.2, -0.15) is 5.10 Å². The standard InChI is InChI=1S/C18H21ClFN3O2/c1-11-16(18(25)21-14-6-8-15(24)9-7-14)17(19)23(22-11)10-12-2-4-13(20)5-3-12/h2-5,14-15,24H,6-10H2,1H3,(H,21,25). The summed E-state index contributed by atoms with van der Waals surface area (Å²) in [4.78, 5) is 12.6. The third-order valence-electron chi connectivity index (χ3n) is 4.57. The smallest absolute Gasteiger partial charge is 0.256 e. The summed E-state index contributed by atoms with van der Waals surface area (Å²) in [5.41, 5.74) is 1.77. The van der Waals surface area contributed by atoms with E-state index in [1.165, 1.54) is 12.1 Å². The van der Waals surface area contributed by atoms with Crippen LogP contribution in [0.15, 0.2) is 24.3 Å². The maximum absolute atomic E-state index is 13.0. The quantitative estimate of drug-likeness (QED) is 0.875. The Bertz CT molecular complexity index is 752. The van der Waals surface area contributed by atoms with Crippen LogP contribution in [0.4, 0.5) is 4.39 Å². The number of hydrogen-bond donors (Lipinski definition) is 2. The molecule has 0 unspecified atom stereocenters. The molecule has 134 valence electrons. The number of aliphatic hydroxyl groups excluding tert-OH is 1. The van der Waals surface area contributed by atoms with E-state index in [1.807, 2.05) is 0 Å². The van der Waals surface area contributed by atoms with Crippen LogP contribution in [-0.4, -0.2) is 32.9 Å². The minimum Gasteiger partial charge on any atom is -0.393 e. The summed E-state index contributed by atoms with van der Waals surface area (Å²) in [6, 6.07) is 6.13. The molecule has 0 spiro atoms. The van der Waals surface area contributed by atoms with Gasteiger partial charge in [-0.1, -0.05) is 23.7 Å². The van der Waals surface area contributed by atoms with Gasteiger partial charge in [0.1, 0.15) is 11.0 Å². The third kappa shape index (κ3) is 4.19. The zero-order chi connectivity index (χ0) is 18.0. The maximum Gasteiger partial charge on any atom is 0.256 e. The number of aromatic nitrogens is 2. The number of aryl methyl sites for hydroxylation is 1. The van der Waals surface area contributed by atoms with Crippen LogP contribution in [0.5, 0.6) is 0 Å². The predicted molar refractivity (Wildman–Crippen MR) is 93.2 cm³/mol. The summed E-state index contributed by atoms with van der Waals surface area (Å²) in [5, 5.41) is 17.2. The van der Waals surface area contributed by atoms with Crippen LogP contribution < -0.4 is 5.32 Å². The molecule has 1 fully saturated rings. The lowest BCUT2D eigenvalue weighted by Gasteiger charge is -2.26. The van der Waals surface area contributed by atoms with Crippen molar-refractivity contribution in [2.75, 3.05) is 0 Å². The molecule has 1 heterocycles. The number of aliphatic hydroxyl groups is 1. The molecule has 2 aromatic rings. The van der Waals surface area contributed by atoms with Gasteiger partial charge in [0.05, 0.1) is 23.9 Å². The van der Waals surface area contributed by atoms with Crippen LogP contribution in [0, 0.1) is 12.7 Å². The van der Waals surface area contributed by atoms with E-state index in [0.717, 1.165) is 18.4 Å². The molecule has 1 aliphatic carbocycles. The summed E-state index contributed by atoms with van der Waals surface area (Å²) in [5.74, 6) is -0.543. The van der Waals surface area contributed by atoms with E-state index in [0.29, 0.717) is 30.6 Å². The number of benzene rings is 1. The molecule has 1 aliphatic rings. The highest BCUT2D eigenvalue weighted by Crippen LogP contribution is 2.23. The monoisotopic (exact) mass is 365 g/mol. The lowest BCUT2D eigenvalue weighted by molar-refractivity contribution is 0.0867. The Labute approximate surface area is 150 Å². The summed E-state index contributed by atoms with van der Waals surface area (Å²) >= 11 is 6.37. The van der Waals surface area contributed by atoms with Crippen molar-refractivity contribution in [3.63, 3.8) is 0 Å². The second kappa shape index (κ2) is 7.54. The van der Waals surface area contributed by atoms with Crippen molar-refractivity contribution in [1.82, 2.24) is 15.1 Å². The van der Waals surface area contributed by atoms with Crippen LogP contribution in [0.25, 0.3) is 0 Å². The van der Waals surface area contributed by atoms with Crippen LogP contribution in [0.1, 0.15) is 47.3 Å². The van der Waals surface area contributed by atoms with Crippen molar-refractivity contribution in [3.8, 4) is 0 Å². The van der Waals surface area contributed by atoms with E-state index in [2.05, 4.69) is 10.4 Å². The SMILES string of the molecule is Cc1nn(Cc2ccc(F)cc2)c(Cl)c1C(=O)NC1CCC(O)CC1. The first-order valence-electron chi connectivity index (χ1n) is 8.40. The molecule has 7 heteroatoms. The molecule has 0 saturated heterocycles. The molecule has 25 heavy (non-hydrogen) atoms. The van der Waals surface area contributed by atoms with E-state index in [4.69, 9.17) is 11.6 Å². The second-order valence-corrected chi connectivity index (χ2v) is 6.87.